The molecule has 2 N–H and O–H groups in total. The largest absolute Gasteiger partial charge is 0.438 e. The van der Waals surface area contributed by atoms with Gasteiger partial charge in [-0.25, -0.2) is 0 Å². The molecule has 0 saturated carbocycles. The molecule has 0 aliphatic carbocycles. The molecule has 0 saturated heterocycles. The Morgan fingerprint density at radius 2 is 2.00 bits per heavy atom. The summed E-state index contributed by atoms with van der Waals surface area (Å²) < 4.78 is 7.33. The molecule has 5 nitrogen and oxygen atoms in total. The van der Waals surface area contributed by atoms with Crippen LogP contribution >= 0.6 is 23.2 Å². The normalized spacial score (nSPS) is 16.0. The minimum atomic E-state index is -0.653. The first kappa shape index (κ1) is 17.5. The summed E-state index contributed by atoms with van der Waals surface area (Å²) in [6.07, 6.45) is 0. The van der Waals surface area contributed by atoms with E-state index in [1.807, 2.05) is 24.3 Å². The van der Waals surface area contributed by atoms with Crippen LogP contribution in [-0.4, -0.2) is 10.5 Å². The molecule has 1 aliphatic rings. The number of nitrogens with zero attached hydrogens (tertiary/aromatic N) is 2. The van der Waals surface area contributed by atoms with Crippen LogP contribution in [-0.2, 0) is 0 Å². The number of carbonyl (C=O) groups is 1. The van der Waals surface area contributed by atoms with Crippen molar-refractivity contribution in [2.24, 2.45) is 5.73 Å². The van der Waals surface area contributed by atoms with Gasteiger partial charge in [-0.15, -0.1) is 0 Å². The summed E-state index contributed by atoms with van der Waals surface area (Å²) in [6.45, 7) is 1.46. The van der Waals surface area contributed by atoms with Gasteiger partial charge in [-0.05, 0) is 29.8 Å². The van der Waals surface area contributed by atoms with Crippen LogP contribution in [0, 0.1) is 11.3 Å². The first-order chi connectivity index (χ1) is 12.9. The lowest BCUT2D eigenvalue weighted by atomic mass is 9.86. The Balaban J connectivity index is 2.13. The van der Waals surface area contributed by atoms with Crippen molar-refractivity contribution in [3.63, 3.8) is 0 Å². The van der Waals surface area contributed by atoms with E-state index in [1.165, 1.54) is 6.92 Å². The molecule has 134 valence electrons. The SMILES string of the molecule is CC(=O)n1c2c(c3ccccc31)OC(N)=C(C#N)[C@@H]2c1ccc(Cl)cc1Cl. The Morgan fingerprint density at radius 1 is 1.26 bits per heavy atom. The average Bonchev–Trinajstić information content (AvgIpc) is 2.95. The van der Waals surface area contributed by atoms with Crippen molar-refractivity contribution in [3.8, 4) is 11.8 Å². The molecule has 27 heavy (non-hydrogen) atoms. The number of ether oxygens (including phenoxy) is 1. The molecular weight excluding hydrogens is 385 g/mol. The number of aromatic nitrogens is 1. The number of benzene rings is 2. The number of rotatable bonds is 1. The molecule has 0 fully saturated rings. The highest BCUT2D eigenvalue weighted by Gasteiger charge is 2.37. The third kappa shape index (κ3) is 2.57. The summed E-state index contributed by atoms with van der Waals surface area (Å²) in [7, 11) is 0. The Bertz CT molecular complexity index is 1190. The minimum Gasteiger partial charge on any atom is -0.438 e. The Hall–Kier alpha value is -2.94. The molecule has 0 unspecified atom stereocenters. The second kappa shape index (κ2) is 6.34. The predicted molar refractivity (Wildman–Crippen MR) is 104 cm³/mol. The van der Waals surface area contributed by atoms with Crippen LogP contribution in [0.4, 0.5) is 0 Å². The van der Waals surface area contributed by atoms with Crippen LogP contribution in [0.25, 0.3) is 10.9 Å². The van der Waals surface area contributed by atoms with E-state index in [9.17, 15) is 10.1 Å². The van der Waals surface area contributed by atoms with Gasteiger partial charge in [0.15, 0.2) is 5.75 Å². The standard InChI is InChI=1S/C20H13Cl2N3O2/c1-10(26)25-16-5-3-2-4-13(16)19-18(25)17(14(9-23)20(24)27-19)12-7-6-11(21)8-15(12)22/h2-8,17H,24H2,1H3/t17-/m0/s1. The topological polar surface area (TPSA) is 81.0 Å². The fourth-order valence-corrected chi connectivity index (χ4v) is 4.06. The van der Waals surface area contributed by atoms with Crippen molar-refractivity contribution in [2.45, 2.75) is 12.8 Å². The zero-order valence-electron chi connectivity index (χ0n) is 14.2. The zero-order valence-corrected chi connectivity index (χ0v) is 15.7. The van der Waals surface area contributed by atoms with E-state index in [2.05, 4.69) is 6.07 Å². The molecular formula is C20H13Cl2N3O2. The van der Waals surface area contributed by atoms with Crippen molar-refractivity contribution in [3.05, 3.63) is 75.2 Å². The van der Waals surface area contributed by atoms with Gasteiger partial charge in [-0.1, -0.05) is 41.4 Å². The highest BCUT2D eigenvalue weighted by atomic mass is 35.5. The highest BCUT2D eigenvalue weighted by molar-refractivity contribution is 6.35. The Morgan fingerprint density at radius 3 is 2.67 bits per heavy atom. The van der Waals surface area contributed by atoms with Gasteiger partial charge in [0, 0.05) is 22.4 Å². The number of nitrogens with two attached hydrogens (primary N) is 1. The van der Waals surface area contributed by atoms with Gasteiger partial charge in [0.2, 0.25) is 11.8 Å². The molecule has 0 spiro atoms. The predicted octanol–water partition coefficient (Wildman–Crippen LogP) is 4.83. The van der Waals surface area contributed by atoms with Gasteiger partial charge < -0.3 is 10.5 Å². The first-order valence-corrected chi connectivity index (χ1v) is 8.86. The van der Waals surface area contributed by atoms with E-state index in [0.717, 1.165) is 5.39 Å². The minimum absolute atomic E-state index is 0.00697. The van der Waals surface area contributed by atoms with E-state index in [4.69, 9.17) is 33.7 Å². The lowest BCUT2D eigenvalue weighted by molar-refractivity contribution is 0.0937. The van der Waals surface area contributed by atoms with Gasteiger partial charge in [-0.3, -0.25) is 9.36 Å². The summed E-state index contributed by atoms with van der Waals surface area (Å²) in [5, 5.41) is 11.3. The van der Waals surface area contributed by atoms with Crippen LogP contribution in [0.3, 0.4) is 0 Å². The fourth-order valence-electron chi connectivity index (χ4n) is 3.54. The van der Waals surface area contributed by atoms with E-state index < -0.39 is 5.92 Å². The monoisotopic (exact) mass is 397 g/mol. The summed E-state index contributed by atoms with van der Waals surface area (Å²) in [6, 6.07) is 14.5. The molecule has 3 aromatic rings. The number of allylic oxidation sites excluding steroid dienone is 1. The summed E-state index contributed by atoms with van der Waals surface area (Å²) in [5.74, 6) is -0.412. The average molecular weight is 398 g/mol. The number of para-hydroxylation sites is 1. The molecule has 1 atom stereocenters. The van der Waals surface area contributed by atoms with Crippen molar-refractivity contribution in [1.82, 2.24) is 4.57 Å². The first-order valence-electron chi connectivity index (χ1n) is 8.10. The zero-order chi connectivity index (χ0) is 19.3. The summed E-state index contributed by atoms with van der Waals surface area (Å²) in [4.78, 5) is 12.5. The molecule has 2 heterocycles. The number of hydrogen-bond acceptors (Lipinski definition) is 4. The third-order valence-electron chi connectivity index (χ3n) is 4.61. The summed E-state index contributed by atoms with van der Waals surface area (Å²) >= 11 is 12.5. The Kier molecular flexibility index (Phi) is 4.11. The van der Waals surface area contributed by atoms with E-state index in [-0.39, 0.29) is 17.4 Å². The number of halogens is 2. The molecule has 2 aromatic carbocycles. The molecule has 1 aliphatic heterocycles. The maximum absolute atomic E-state index is 12.5. The van der Waals surface area contributed by atoms with E-state index >= 15 is 0 Å². The van der Waals surface area contributed by atoms with Crippen LogP contribution in [0.1, 0.15) is 28.9 Å². The van der Waals surface area contributed by atoms with Gasteiger partial charge in [0.25, 0.3) is 0 Å². The van der Waals surface area contributed by atoms with E-state index in [1.54, 1.807) is 22.8 Å². The van der Waals surface area contributed by atoms with Crippen LogP contribution < -0.4 is 10.5 Å². The van der Waals surface area contributed by atoms with Crippen LogP contribution in [0.2, 0.25) is 10.0 Å². The van der Waals surface area contributed by atoms with E-state index in [0.29, 0.717) is 32.6 Å². The quantitative estimate of drug-likeness (QED) is 0.637. The van der Waals surface area contributed by atoms with Crippen LogP contribution in [0.15, 0.2) is 53.9 Å². The fraction of sp³-hybridized carbons (Fsp3) is 0.100. The smallest absolute Gasteiger partial charge is 0.228 e. The van der Waals surface area contributed by atoms with Gasteiger partial charge in [0.1, 0.15) is 11.6 Å². The second-order valence-corrected chi connectivity index (χ2v) is 7.02. The van der Waals surface area contributed by atoms with Crippen molar-refractivity contribution < 1.29 is 9.53 Å². The highest BCUT2D eigenvalue weighted by Crippen LogP contribution is 2.48. The van der Waals surface area contributed by atoms with Crippen LogP contribution in [0.5, 0.6) is 5.75 Å². The molecule has 1 aromatic heterocycles. The summed E-state index contributed by atoms with van der Waals surface area (Å²) in [5.41, 5.74) is 8.08. The number of hydrogen-bond donors (Lipinski definition) is 1. The molecule has 0 bridgehead atoms. The lowest BCUT2D eigenvalue weighted by Gasteiger charge is -2.26. The van der Waals surface area contributed by atoms with Crippen molar-refractivity contribution in [2.75, 3.05) is 0 Å². The second-order valence-electron chi connectivity index (χ2n) is 6.18. The third-order valence-corrected chi connectivity index (χ3v) is 5.17. The van der Waals surface area contributed by atoms with Gasteiger partial charge >= 0.3 is 0 Å². The Labute approximate surface area is 165 Å². The molecule has 7 heteroatoms. The number of carbonyl (C=O) groups excluding carboxylic acids is 1. The number of nitriles is 1. The maximum atomic E-state index is 12.5. The lowest BCUT2D eigenvalue weighted by Crippen LogP contribution is -2.24. The number of fused-ring (bicyclic) bond motifs is 3. The van der Waals surface area contributed by atoms with Crippen molar-refractivity contribution >= 4 is 40.0 Å². The molecule has 0 amide bonds. The maximum Gasteiger partial charge on any atom is 0.228 e. The van der Waals surface area contributed by atoms with Crippen molar-refractivity contribution in [1.29, 1.82) is 5.26 Å². The molecule has 0 radical (unpaired) electrons. The van der Waals surface area contributed by atoms with Gasteiger partial charge in [0.05, 0.1) is 17.1 Å². The van der Waals surface area contributed by atoms with Gasteiger partial charge in [-0.2, -0.15) is 5.26 Å². The molecule has 4 rings (SSSR count).